The van der Waals surface area contributed by atoms with Gasteiger partial charge in [-0.1, -0.05) is 0 Å². The van der Waals surface area contributed by atoms with E-state index < -0.39 is 10.1 Å². The van der Waals surface area contributed by atoms with Gasteiger partial charge in [0.25, 0.3) is 10.1 Å². The van der Waals surface area contributed by atoms with E-state index >= 15 is 0 Å². The van der Waals surface area contributed by atoms with E-state index in [2.05, 4.69) is 5.32 Å². The third-order valence-electron chi connectivity index (χ3n) is 1.01. The molecule has 4 N–H and O–H groups in total. The fraction of sp³-hybridized carbons (Fsp3) is 1.00. The van der Waals surface area contributed by atoms with Crippen LogP contribution in [0, 0.1) is 0 Å². The molecule has 0 saturated carbocycles. The van der Waals surface area contributed by atoms with E-state index in [9.17, 15) is 8.42 Å². The van der Waals surface area contributed by atoms with Crippen LogP contribution in [0.25, 0.3) is 0 Å². The van der Waals surface area contributed by atoms with Gasteiger partial charge in [-0.3, -0.25) is 9.87 Å². The molecule has 6 heteroatoms. The van der Waals surface area contributed by atoms with Crippen molar-refractivity contribution in [3.05, 3.63) is 0 Å². The van der Waals surface area contributed by atoms with Crippen LogP contribution in [0.1, 0.15) is 13.8 Å². The summed E-state index contributed by atoms with van der Waals surface area (Å²) in [4.78, 5) is 0. The summed E-state index contributed by atoms with van der Waals surface area (Å²) in [6, 6.07) is -0.329. The molecule has 2 unspecified atom stereocenters. The number of hydrogen-bond donors (Lipinski definition) is 3. The third kappa shape index (κ3) is 7.73. The minimum atomic E-state index is -3.89. The monoisotopic (exact) mass is 182 g/mol. The SMILES string of the molecule is CC(N)NC(C)CS(=O)(=O)O. The van der Waals surface area contributed by atoms with E-state index in [1.54, 1.807) is 13.8 Å². The van der Waals surface area contributed by atoms with Gasteiger partial charge in [-0.15, -0.1) is 0 Å². The smallest absolute Gasteiger partial charge is 0.266 e. The minimum Gasteiger partial charge on any atom is -0.316 e. The molecule has 0 aliphatic rings. The van der Waals surface area contributed by atoms with E-state index in [4.69, 9.17) is 10.3 Å². The summed E-state index contributed by atoms with van der Waals surface area (Å²) in [7, 11) is -3.89. The minimum absolute atomic E-state index is 0.272. The second-order valence-corrected chi connectivity index (χ2v) is 4.10. The van der Waals surface area contributed by atoms with Gasteiger partial charge in [-0.05, 0) is 13.8 Å². The first-order valence-corrected chi connectivity index (χ1v) is 4.89. The first-order chi connectivity index (χ1) is 4.81. The molecule has 0 aliphatic heterocycles. The molecular formula is C5H14N2O3S. The highest BCUT2D eigenvalue weighted by atomic mass is 32.2. The maximum atomic E-state index is 10.3. The molecule has 0 bridgehead atoms. The molecule has 0 amide bonds. The predicted octanol–water partition coefficient (Wildman–Crippen LogP) is -0.843. The van der Waals surface area contributed by atoms with E-state index in [0.717, 1.165) is 0 Å². The fourth-order valence-corrected chi connectivity index (χ4v) is 1.54. The lowest BCUT2D eigenvalue weighted by Gasteiger charge is -2.14. The zero-order valence-electron chi connectivity index (χ0n) is 6.61. The second kappa shape index (κ2) is 4.01. The Kier molecular flexibility index (Phi) is 3.95. The molecule has 0 aliphatic carbocycles. The third-order valence-corrected chi connectivity index (χ3v) is 1.93. The number of nitrogens with one attached hydrogen (secondary N) is 1. The highest BCUT2D eigenvalue weighted by Gasteiger charge is 2.12. The molecule has 2 atom stereocenters. The Morgan fingerprint density at radius 3 is 2.27 bits per heavy atom. The summed E-state index contributed by atoms with van der Waals surface area (Å²) in [5.74, 6) is -0.311. The summed E-state index contributed by atoms with van der Waals surface area (Å²) in [5.41, 5.74) is 5.32. The quantitative estimate of drug-likeness (QED) is 0.389. The van der Waals surface area contributed by atoms with Crippen molar-refractivity contribution in [2.24, 2.45) is 5.73 Å². The van der Waals surface area contributed by atoms with Crippen LogP contribution in [0.3, 0.4) is 0 Å². The van der Waals surface area contributed by atoms with Crippen LogP contribution in [0.15, 0.2) is 0 Å². The van der Waals surface area contributed by atoms with E-state index in [1.165, 1.54) is 0 Å². The van der Waals surface area contributed by atoms with Gasteiger partial charge in [0.2, 0.25) is 0 Å². The van der Waals surface area contributed by atoms with Crippen LogP contribution in [0.2, 0.25) is 0 Å². The highest BCUT2D eigenvalue weighted by Crippen LogP contribution is 1.89. The van der Waals surface area contributed by atoms with Crippen LogP contribution >= 0.6 is 0 Å². The summed E-state index contributed by atoms with van der Waals surface area (Å²) in [6.45, 7) is 3.33. The van der Waals surface area contributed by atoms with Crippen molar-refractivity contribution in [3.8, 4) is 0 Å². The predicted molar refractivity (Wildman–Crippen MR) is 42.7 cm³/mol. The first-order valence-electron chi connectivity index (χ1n) is 3.28. The van der Waals surface area contributed by atoms with E-state index in [1.807, 2.05) is 0 Å². The van der Waals surface area contributed by atoms with Crippen LogP contribution in [0.4, 0.5) is 0 Å². The Balaban J connectivity index is 3.80. The van der Waals surface area contributed by atoms with Crippen LogP contribution in [-0.4, -0.2) is 30.9 Å². The molecule has 0 aromatic carbocycles. The van der Waals surface area contributed by atoms with Gasteiger partial charge in [0, 0.05) is 6.04 Å². The molecule has 11 heavy (non-hydrogen) atoms. The Morgan fingerprint density at radius 1 is 1.55 bits per heavy atom. The normalized spacial score (nSPS) is 17.8. The Bertz CT molecular complexity index is 200. The molecule has 0 fully saturated rings. The van der Waals surface area contributed by atoms with E-state index in [0.29, 0.717) is 0 Å². The van der Waals surface area contributed by atoms with Crippen molar-refractivity contribution in [3.63, 3.8) is 0 Å². The van der Waals surface area contributed by atoms with Crippen LogP contribution < -0.4 is 11.1 Å². The largest absolute Gasteiger partial charge is 0.316 e. The zero-order valence-corrected chi connectivity index (χ0v) is 7.43. The number of nitrogens with two attached hydrogens (primary N) is 1. The number of hydrogen-bond acceptors (Lipinski definition) is 4. The zero-order chi connectivity index (χ0) is 9.07. The summed E-state index contributed by atoms with van der Waals surface area (Å²) in [6.07, 6.45) is -0.272. The summed E-state index contributed by atoms with van der Waals surface area (Å²) < 4.78 is 29.0. The van der Waals surface area contributed by atoms with Gasteiger partial charge in [-0.25, -0.2) is 0 Å². The number of rotatable bonds is 4. The second-order valence-electron chi connectivity index (χ2n) is 2.60. The van der Waals surface area contributed by atoms with Crippen LogP contribution in [-0.2, 0) is 10.1 Å². The van der Waals surface area contributed by atoms with Crippen molar-refractivity contribution in [2.45, 2.75) is 26.1 Å². The molecule has 0 saturated heterocycles. The maximum absolute atomic E-state index is 10.3. The van der Waals surface area contributed by atoms with Crippen molar-refractivity contribution in [1.82, 2.24) is 5.32 Å². The Labute approximate surface area is 66.7 Å². The average Bonchev–Trinajstić information content (AvgIpc) is 1.53. The molecule has 0 spiro atoms. The molecule has 68 valence electrons. The maximum Gasteiger partial charge on any atom is 0.266 e. The topological polar surface area (TPSA) is 92.4 Å². The average molecular weight is 182 g/mol. The van der Waals surface area contributed by atoms with Gasteiger partial charge >= 0.3 is 0 Å². The van der Waals surface area contributed by atoms with Crippen molar-refractivity contribution in [1.29, 1.82) is 0 Å². The molecule has 0 heterocycles. The van der Waals surface area contributed by atoms with Crippen molar-refractivity contribution in [2.75, 3.05) is 5.75 Å². The van der Waals surface area contributed by atoms with Gasteiger partial charge < -0.3 is 5.73 Å². The van der Waals surface area contributed by atoms with Crippen molar-refractivity contribution >= 4 is 10.1 Å². The first kappa shape index (κ1) is 10.8. The summed E-state index contributed by atoms with van der Waals surface area (Å²) >= 11 is 0. The molecule has 0 aromatic rings. The lowest BCUT2D eigenvalue weighted by molar-refractivity contribution is 0.455. The lowest BCUT2D eigenvalue weighted by Crippen LogP contribution is -2.43. The molecular weight excluding hydrogens is 168 g/mol. The lowest BCUT2D eigenvalue weighted by atomic mass is 10.4. The Hall–Kier alpha value is -0.170. The van der Waals surface area contributed by atoms with Gasteiger partial charge in [0.05, 0.1) is 11.9 Å². The Morgan fingerprint density at radius 2 is 2.00 bits per heavy atom. The standard InChI is InChI=1S/C5H14N2O3S/c1-4(7-5(2)6)3-11(8,9)10/h4-5,7H,3,6H2,1-2H3,(H,8,9,10). The van der Waals surface area contributed by atoms with E-state index in [-0.39, 0.29) is 18.0 Å². The van der Waals surface area contributed by atoms with Gasteiger partial charge in [0.1, 0.15) is 0 Å². The van der Waals surface area contributed by atoms with Gasteiger partial charge in [0.15, 0.2) is 0 Å². The molecule has 0 rings (SSSR count). The summed E-state index contributed by atoms with van der Waals surface area (Å²) in [5, 5.41) is 2.74. The van der Waals surface area contributed by atoms with Crippen molar-refractivity contribution < 1.29 is 13.0 Å². The molecule has 0 aromatic heterocycles. The molecule has 5 nitrogen and oxygen atoms in total. The van der Waals surface area contributed by atoms with Crippen LogP contribution in [0.5, 0.6) is 0 Å². The molecule has 0 radical (unpaired) electrons. The highest BCUT2D eigenvalue weighted by molar-refractivity contribution is 7.85. The fourth-order valence-electron chi connectivity index (χ4n) is 0.813. The van der Waals surface area contributed by atoms with Gasteiger partial charge in [-0.2, -0.15) is 8.42 Å².